The maximum absolute atomic E-state index is 12.9. The largest absolute Gasteiger partial charge is 0.507 e. The third-order valence-corrected chi connectivity index (χ3v) is 12.1. The van der Waals surface area contributed by atoms with Crippen molar-refractivity contribution >= 4 is 74.6 Å². The zero-order valence-electron chi connectivity index (χ0n) is 29.5. The van der Waals surface area contributed by atoms with E-state index < -0.39 is 101 Å². The van der Waals surface area contributed by atoms with Gasteiger partial charge in [0.25, 0.3) is 30.4 Å². The van der Waals surface area contributed by atoms with Crippen molar-refractivity contribution in [2.45, 2.75) is 14.7 Å². The van der Waals surface area contributed by atoms with E-state index in [1.165, 1.54) is 36.4 Å². The van der Waals surface area contributed by atoms with E-state index in [9.17, 15) is 59.3 Å². The van der Waals surface area contributed by atoms with Gasteiger partial charge in [0.1, 0.15) is 43.3 Å². The Kier molecular flexibility index (Phi) is 9.83. The third-order valence-electron chi connectivity index (χ3n) is 9.33. The molecule has 7 rings (SSSR count). The highest BCUT2D eigenvalue weighted by Gasteiger charge is 2.31. The molecule has 0 fully saturated rings. The van der Waals surface area contributed by atoms with Crippen LogP contribution in [0.4, 0.5) is 22.7 Å². The summed E-state index contributed by atoms with van der Waals surface area (Å²) in [7, 11) is -15.6. The second kappa shape index (κ2) is 14.4. The molecule has 7 aromatic carbocycles. The van der Waals surface area contributed by atoms with Gasteiger partial charge < -0.3 is 25.7 Å². The number of hydrogen-bond acceptors (Lipinski definition) is 15. The lowest BCUT2D eigenvalue weighted by molar-refractivity contribution is 0.465. The Balaban J connectivity index is 1.39. The highest BCUT2D eigenvalue weighted by molar-refractivity contribution is 7.86. The molecule has 10 N–H and O–H groups in total. The van der Waals surface area contributed by atoms with Gasteiger partial charge in [-0.05, 0) is 77.0 Å². The molecule has 0 aliphatic heterocycles. The van der Waals surface area contributed by atoms with Gasteiger partial charge in [0.05, 0.1) is 0 Å². The molecule has 0 heterocycles. The normalized spacial score (nSPS) is 12.1. The molecule has 0 saturated heterocycles. The predicted molar refractivity (Wildman–Crippen MR) is 213 cm³/mol. The number of phenols is 4. The zero-order chi connectivity index (χ0) is 42.8. The second-order valence-corrected chi connectivity index (χ2v) is 17.0. The first kappa shape index (κ1) is 40.2. The van der Waals surface area contributed by atoms with Gasteiger partial charge in [0.15, 0.2) is 5.75 Å². The van der Waals surface area contributed by atoms with E-state index in [-0.39, 0.29) is 32.8 Å². The van der Waals surface area contributed by atoms with Gasteiger partial charge in [-0.25, -0.2) is 11.1 Å². The van der Waals surface area contributed by atoms with E-state index in [0.29, 0.717) is 11.4 Å². The molecule has 0 aliphatic rings. The lowest BCUT2D eigenvalue weighted by atomic mass is 9.93. The second-order valence-electron chi connectivity index (χ2n) is 12.9. The molecule has 18 nitrogen and oxygen atoms in total. The van der Waals surface area contributed by atoms with Crippen LogP contribution in [0.1, 0.15) is 0 Å². The van der Waals surface area contributed by atoms with Crippen LogP contribution in [0.25, 0.3) is 54.9 Å². The molecule has 0 unspecified atom stereocenters. The van der Waals surface area contributed by atoms with E-state index in [0.717, 1.165) is 36.4 Å². The van der Waals surface area contributed by atoms with Crippen LogP contribution < -0.4 is 5.32 Å². The number of hydrogen-bond donors (Lipinski definition) is 10. The Hall–Kier alpha value is -7.01. The number of nitrogens with zero attached hydrogens (tertiary/aromatic N) is 2. The number of para-hydroxylation sites is 1. The molecule has 0 aliphatic carbocycles. The fraction of sp³-hybridized carbons (Fsp3) is 0. The van der Waals surface area contributed by atoms with Crippen molar-refractivity contribution in [3.8, 4) is 56.4 Å². The summed E-state index contributed by atoms with van der Waals surface area (Å²) in [5, 5.41) is 54.1. The quantitative estimate of drug-likeness (QED) is 0.0455. The van der Waals surface area contributed by atoms with Crippen molar-refractivity contribution in [1.82, 2.24) is 0 Å². The molecule has 0 saturated carbocycles. The van der Waals surface area contributed by atoms with Crippen molar-refractivity contribution in [1.29, 1.82) is 11.1 Å². The van der Waals surface area contributed by atoms with Gasteiger partial charge in [0, 0.05) is 50.0 Å². The first-order chi connectivity index (χ1) is 27.7. The maximum atomic E-state index is 12.9. The number of aromatic hydroxyl groups is 4. The minimum atomic E-state index is -5.23. The number of rotatable bonds is 10. The molecule has 0 radical (unpaired) electrons. The van der Waals surface area contributed by atoms with Crippen LogP contribution in [0.15, 0.2) is 128 Å². The first-order valence-corrected chi connectivity index (χ1v) is 20.9. The van der Waals surface area contributed by atoms with Crippen molar-refractivity contribution < 1.29 is 59.3 Å². The fourth-order valence-corrected chi connectivity index (χ4v) is 9.44. The molecule has 0 atom stereocenters. The van der Waals surface area contributed by atoms with E-state index in [1.54, 1.807) is 24.3 Å². The summed E-state index contributed by atoms with van der Waals surface area (Å²) in [6.07, 6.45) is 0. The number of nitrogens with one attached hydrogen (secondary N) is 3. The van der Waals surface area contributed by atoms with Crippen LogP contribution in [-0.4, -0.2) is 59.3 Å². The van der Waals surface area contributed by atoms with Gasteiger partial charge in [0.2, 0.25) is 0 Å². The van der Waals surface area contributed by atoms with Gasteiger partial charge in [-0.15, -0.1) is 0 Å². The van der Waals surface area contributed by atoms with Crippen LogP contribution in [0.2, 0.25) is 0 Å². The minimum Gasteiger partial charge on any atom is -0.507 e. The summed E-state index contributed by atoms with van der Waals surface area (Å²) < 4.78 is 106. The SMILES string of the molecule is N=Nc1ccc2cc(S(=O)(=O)O)c(-c3ccc(-c4ccc(-c5c(O)cc6cc(Nc7ccccc7)ccc6c5S(=O)(=O)O)c(O)c4N=N)cc3O)c(O)c2c1S(=O)(=O)O. The van der Waals surface area contributed by atoms with Gasteiger partial charge in [-0.3, -0.25) is 13.7 Å². The van der Waals surface area contributed by atoms with E-state index >= 15 is 0 Å². The molecular formula is C38H27N5O13S3. The van der Waals surface area contributed by atoms with Crippen molar-refractivity contribution in [3.63, 3.8) is 0 Å². The molecule has 0 spiro atoms. The molecule has 59 heavy (non-hydrogen) atoms. The highest BCUT2D eigenvalue weighted by Crippen LogP contribution is 2.52. The number of phenolic OH excluding ortho intramolecular Hbond substituents is 4. The Morgan fingerprint density at radius 1 is 0.525 bits per heavy atom. The molecule has 21 heteroatoms. The van der Waals surface area contributed by atoms with Gasteiger partial charge >= 0.3 is 0 Å². The number of benzene rings is 7. The minimum absolute atomic E-state index is 0.0297. The van der Waals surface area contributed by atoms with Crippen LogP contribution >= 0.6 is 0 Å². The average molecular weight is 858 g/mol. The highest BCUT2D eigenvalue weighted by atomic mass is 32.2. The maximum Gasteiger partial charge on any atom is 0.297 e. The molecular weight excluding hydrogens is 831 g/mol. The monoisotopic (exact) mass is 857 g/mol. The van der Waals surface area contributed by atoms with Gasteiger partial charge in [-0.2, -0.15) is 35.5 Å². The van der Waals surface area contributed by atoms with Gasteiger partial charge in [-0.1, -0.05) is 42.5 Å². The summed E-state index contributed by atoms with van der Waals surface area (Å²) in [5.74, 6) is -3.52. The Bertz CT molecular complexity index is 3310. The molecule has 7 aromatic rings. The third kappa shape index (κ3) is 7.13. The van der Waals surface area contributed by atoms with Crippen LogP contribution in [0.5, 0.6) is 23.0 Å². The topological polar surface area (TPSA) is 328 Å². The van der Waals surface area contributed by atoms with Crippen molar-refractivity contribution in [2.24, 2.45) is 10.2 Å². The Morgan fingerprint density at radius 2 is 1.19 bits per heavy atom. The molecule has 0 bridgehead atoms. The average Bonchev–Trinajstić information content (AvgIpc) is 3.16. The Labute approximate surface area is 333 Å². The summed E-state index contributed by atoms with van der Waals surface area (Å²) in [5.41, 5.74) is 12.9. The van der Waals surface area contributed by atoms with Crippen molar-refractivity contribution in [3.05, 3.63) is 103 Å². The standard InChI is InChI=1S/C38H27N5O13S3/c39-42-27-13-7-19-17-30(57(48,49)50)33(36(47)31(19)38(27)59(54,55)56)25-9-6-18(15-28(25)44)23-11-12-26(35(46)34(23)43-40)32-29(45)16-20-14-22(41-21-4-2-1-3-5-21)8-10-24(20)37(32)58(51,52)53/h1-17,39-41,44-47H,(H,48,49,50)(H,51,52,53)(H,54,55,56). The van der Waals surface area contributed by atoms with Crippen LogP contribution in [0.3, 0.4) is 0 Å². The molecule has 300 valence electrons. The van der Waals surface area contributed by atoms with Crippen molar-refractivity contribution in [2.75, 3.05) is 5.32 Å². The van der Waals surface area contributed by atoms with Crippen LogP contribution in [-0.2, 0) is 30.4 Å². The summed E-state index contributed by atoms with van der Waals surface area (Å²) in [4.78, 5) is -2.84. The van der Waals surface area contributed by atoms with E-state index in [4.69, 9.17) is 11.1 Å². The lowest BCUT2D eigenvalue weighted by Crippen LogP contribution is -2.05. The predicted octanol–water partition coefficient (Wildman–Crippen LogP) is 8.63. The summed E-state index contributed by atoms with van der Waals surface area (Å²) >= 11 is 0. The summed E-state index contributed by atoms with van der Waals surface area (Å²) in [6, 6.07) is 23.0. The summed E-state index contributed by atoms with van der Waals surface area (Å²) in [6.45, 7) is 0. The number of fused-ring (bicyclic) bond motifs is 2. The van der Waals surface area contributed by atoms with E-state index in [1.807, 2.05) is 6.07 Å². The molecule has 0 amide bonds. The van der Waals surface area contributed by atoms with Crippen LogP contribution in [0, 0.1) is 11.1 Å². The first-order valence-electron chi connectivity index (χ1n) is 16.6. The molecule has 0 aromatic heterocycles. The zero-order valence-corrected chi connectivity index (χ0v) is 32.0. The lowest BCUT2D eigenvalue weighted by Gasteiger charge is -2.18. The number of anilines is 2. The smallest absolute Gasteiger partial charge is 0.297 e. The fourth-order valence-electron chi connectivity index (χ4n) is 6.91. The van der Waals surface area contributed by atoms with E-state index in [2.05, 4.69) is 15.5 Å². The Morgan fingerprint density at radius 3 is 1.80 bits per heavy atom.